The van der Waals surface area contributed by atoms with Gasteiger partial charge in [0.25, 0.3) is 0 Å². The number of sulfone groups is 1. The van der Waals surface area contributed by atoms with Crippen molar-refractivity contribution in [3.63, 3.8) is 0 Å². The highest BCUT2D eigenvalue weighted by Gasteiger charge is 2.34. The first kappa shape index (κ1) is 22.6. The quantitative estimate of drug-likeness (QED) is 0.526. The molecule has 5 nitrogen and oxygen atoms in total. The highest BCUT2D eigenvalue weighted by atomic mass is 32.2. The van der Waals surface area contributed by atoms with E-state index in [0.29, 0.717) is 23.9 Å². The molecule has 0 saturated carbocycles. The molecular formula is C18H21F3N2O3S. The second kappa shape index (κ2) is 8.95. The lowest BCUT2D eigenvalue weighted by atomic mass is 10.1. The number of rotatable bonds is 8. The number of allylic oxidation sites excluding steroid dienone is 2. The van der Waals surface area contributed by atoms with Crippen LogP contribution in [0.4, 0.5) is 13.2 Å². The number of hydrogen-bond donors (Lipinski definition) is 1. The Morgan fingerprint density at radius 3 is 2.48 bits per heavy atom. The first-order chi connectivity index (χ1) is 12.4. The third-order valence-electron chi connectivity index (χ3n) is 3.72. The monoisotopic (exact) mass is 402 g/mol. The van der Waals surface area contributed by atoms with Crippen molar-refractivity contribution in [2.45, 2.75) is 37.9 Å². The molecule has 0 spiro atoms. The Labute approximate surface area is 157 Å². The molecule has 27 heavy (non-hydrogen) atoms. The number of ether oxygens (including phenoxy) is 1. The van der Waals surface area contributed by atoms with Crippen molar-refractivity contribution in [2.75, 3.05) is 12.9 Å². The van der Waals surface area contributed by atoms with E-state index in [2.05, 4.69) is 11.9 Å². The van der Waals surface area contributed by atoms with Crippen molar-refractivity contribution in [1.29, 1.82) is 5.26 Å². The van der Waals surface area contributed by atoms with Crippen LogP contribution in [-0.2, 0) is 27.3 Å². The summed E-state index contributed by atoms with van der Waals surface area (Å²) in [5, 5.41) is 11.8. The predicted octanol–water partition coefficient (Wildman–Crippen LogP) is 3.94. The van der Waals surface area contributed by atoms with Gasteiger partial charge < -0.3 is 10.1 Å². The molecule has 1 aromatic rings. The first-order valence-electron chi connectivity index (χ1n) is 7.94. The van der Waals surface area contributed by atoms with Gasteiger partial charge in [0, 0.05) is 24.1 Å². The van der Waals surface area contributed by atoms with Gasteiger partial charge in [-0.3, -0.25) is 0 Å². The average Bonchev–Trinajstić information content (AvgIpc) is 2.55. The maximum absolute atomic E-state index is 13.3. The Bertz CT molecular complexity index is 882. The van der Waals surface area contributed by atoms with Crippen LogP contribution in [0.1, 0.15) is 31.4 Å². The third kappa shape index (κ3) is 6.32. The second-order valence-corrected chi connectivity index (χ2v) is 7.75. The van der Waals surface area contributed by atoms with Crippen molar-refractivity contribution in [2.24, 2.45) is 0 Å². The first-order valence-corrected chi connectivity index (χ1v) is 9.83. The van der Waals surface area contributed by atoms with E-state index in [1.54, 1.807) is 13.8 Å². The fraction of sp³-hybridized carbons (Fsp3) is 0.389. The van der Waals surface area contributed by atoms with Crippen LogP contribution in [0, 0.1) is 11.3 Å². The summed E-state index contributed by atoms with van der Waals surface area (Å²) in [5.41, 5.74) is -0.236. The lowest BCUT2D eigenvalue weighted by Crippen LogP contribution is -2.18. The minimum atomic E-state index is -4.71. The normalized spacial score (nSPS) is 12.8. The zero-order valence-electron chi connectivity index (χ0n) is 15.3. The maximum Gasteiger partial charge on any atom is 0.416 e. The van der Waals surface area contributed by atoms with Crippen LogP contribution < -0.4 is 5.32 Å². The summed E-state index contributed by atoms with van der Waals surface area (Å²) in [6.45, 7) is 7.20. The summed E-state index contributed by atoms with van der Waals surface area (Å²) in [6, 6.07) is 4.85. The fourth-order valence-corrected chi connectivity index (χ4v) is 2.97. The number of benzene rings is 1. The molecule has 0 aromatic heterocycles. The summed E-state index contributed by atoms with van der Waals surface area (Å²) >= 11 is 0. The lowest BCUT2D eigenvalue weighted by Gasteiger charge is -2.18. The van der Waals surface area contributed by atoms with Crippen molar-refractivity contribution in [3.8, 4) is 6.07 Å². The molecule has 0 atom stereocenters. The van der Waals surface area contributed by atoms with Gasteiger partial charge in [0.05, 0.1) is 29.6 Å². The van der Waals surface area contributed by atoms with Crippen LogP contribution in [0.25, 0.3) is 0 Å². The maximum atomic E-state index is 13.3. The number of halogens is 3. The third-order valence-corrected chi connectivity index (χ3v) is 4.83. The molecule has 0 saturated heterocycles. The number of hydrogen-bond acceptors (Lipinski definition) is 5. The van der Waals surface area contributed by atoms with Crippen molar-refractivity contribution >= 4 is 9.84 Å². The summed E-state index contributed by atoms with van der Waals surface area (Å²) < 4.78 is 68.4. The van der Waals surface area contributed by atoms with Crippen LogP contribution in [0.5, 0.6) is 0 Å². The van der Waals surface area contributed by atoms with Crippen molar-refractivity contribution < 1.29 is 26.3 Å². The lowest BCUT2D eigenvalue weighted by molar-refractivity contribution is -0.138. The zero-order valence-corrected chi connectivity index (χ0v) is 16.1. The highest BCUT2D eigenvalue weighted by Crippen LogP contribution is 2.34. The van der Waals surface area contributed by atoms with Crippen LogP contribution in [0.15, 0.2) is 46.7 Å². The van der Waals surface area contributed by atoms with Gasteiger partial charge in [-0.1, -0.05) is 12.6 Å². The summed E-state index contributed by atoms with van der Waals surface area (Å²) in [4.78, 5) is -0.402. The van der Waals surface area contributed by atoms with E-state index in [4.69, 9.17) is 10.00 Å². The van der Waals surface area contributed by atoms with E-state index >= 15 is 0 Å². The molecule has 9 heteroatoms. The smallest absolute Gasteiger partial charge is 0.416 e. The summed E-state index contributed by atoms with van der Waals surface area (Å²) in [7, 11) is -3.77. The van der Waals surface area contributed by atoms with Crippen molar-refractivity contribution in [3.05, 3.63) is 52.9 Å². The van der Waals surface area contributed by atoms with Gasteiger partial charge in [-0.2, -0.15) is 18.4 Å². The van der Waals surface area contributed by atoms with E-state index in [0.717, 1.165) is 18.4 Å². The number of nitrogens with zero attached hydrogens (tertiary/aromatic N) is 1. The van der Waals surface area contributed by atoms with E-state index in [1.807, 2.05) is 6.07 Å². The molecule has 0 radical (unpaired) electrons. The van der Waals surface area contributed by atoms with Crippen LogP contribution in [-0.4, -0.2) is 21.3 Å². The number of alkyl halides is 3. The molecule has 1 N–H and O–H groups in total. The van der Waals surface area contributed by atoms with Gasteiger partial charge >= 0.3 is 6.18 Å². The molecule has 1 rings (SSSR count). The average molecular weight is 402 g/mol. The molecule has 0 aliphatic carbocycles. The molecule has 0 amide bonds. The highest BCUT2D eigenvalue weighted by molar-refractivity contribution is 7.90. The Morgan fingerprint density at radius 2 is 2.00 bits per heavy atom. The standard InChI is InChI=1S/C18H21F3N2O3S/c1-5-26-13(3)16(8-9-22)12(2)23-11-14-6-7-15(27(4,24)25)10-17(14)18(19,20)21/h6-7,10,23H,3,5,8,11H2,1-2,4H3/b16-12-. The van der Waals surface area contributed by atoms with Gasteiger partial charge in [0.2, 0.25) is 0 Å². The minimum Gasteiger partial charge on any atom is -0.494 e. The molecule has 0 heterocycles. The topological polar surface area (TPSA) is 79.2 Å². The van der Waals surface area contributed by atoms with Crippen LogP contribution in [0.3, 0.4) is 0 Å². The molecule has 0 aliphatic rings. The van der Waals surface area contributed by atoms with Gasteiger partial charge in [0.1, 0.15) is 5.76 Å². The zero-order chi connectivity index (χ0) is 20.8. The predicted molar refractivity (Wildman–Crippen MR) is 95.1 cm³/mol. The van der Waals surface area contributed by atoms with E-state index in [-0.39, 0.29) is 24.3 Å². The van der Waals surface area contributed by atoms with Gasteiger partial charge in [0.15, 0.2) is 9.84 Å². The molecular weight excluding hydrogens is 381 g/mol. The molecule has 148 valence electrons. The summed E-state index contributed by atoms with van der Waals surface area (Å²) in [6.07, 6.45) is -3.88. The molecule has 1 aromatic carbocycles. The van der Waals surface area contributed by atoms with Gasteiger partial charge in [-0.25, -0.2) is 8.42 Å². The molecule has 0 bridgehead atoms. The summed E-state index contributed by atoms with van der Waals surface area (Å²) in [5.74, 6) is 0.271. The van der Waals surface area contributed by atoms with Gasteiger partial charge in [-0.15, -0.1) is 0 Å². The van der Waals surface area contributed by atoms with E-state index in [1.165, 1.54) is 0 Å². The number of nitrogens with one attached hydrogen (secondary N) is 1. The van der Waals surface area contributed by atoms with E-state index < -0.39 is 26.5 Å². The minimum absolute atomic E-state index is 0.0171. The Morgan fingerprint density at radius 1 is 1.37 bits per heavy atom. The molecule has 0 unspecified atom stereocenters. The Kier molecular flexibility index (Phi) is 7.48. The Balaban J connectivity index is 3.23. The van der Waals surface area contributed by atoms with Crippen LogP contribution >= 0.6 is 0 Å². The molecule has 0 fully saturated rings. The Hall–Kier alpha value is -2.47. The number of nitriles is 1. The fourth-order valence-electron chi connectivity index (χ4n) is 2.32. The van der Waals surface area contributed by atoms with Crippen LogP contribution in [0.2, 0.25) is 0 Å². The largest absolute Gasteiger partial charge is 0.494 e. The SMILES string of the molecule is C=C(OCC)/C(CC#N)=C(/C)NCc1ccc(S(C)(=O)=O)cc1C(F)(F)F. The van der Waals surface area contributed by atoms with Crippen molar-refractivity contribution in [1.82, 2.24) is 5.32 Å². The van der Waals surface area contributed by atoms with E-state index in [9.17, 15) is 21.6 Å². The second-order valence-electron chi connectivity index (χ2n) is 5.74. The molecule has 0 aliphatic heterocycles. The van der Waals surface area contributed by atoms with Gasteiger partial charge in [-0.05, 0) is 31.5 Å².